The number of pyridine rings is 2. The van der Waals surface area contributed by atoms with Crippen molar-refractivity contribution in [2.75, 3.05) is 0 Å². The number of hydrogen-bond donors (Lipinski definition) is 0. The van der Waals surface area contributed by atoms with E-state index < -0.39 is 0 Å². The minimum atomic E-state index is 0.797. The molecular weight excluding hydrogens is 540 g/mol. The van der Waals surface area contributed by atoms with Gasteiger partial charge in [-0.2, -0.15) is 0 Å². The number of imidazole rings is 2. The largest absolute Gasteiger partial charge is 0.292 e. The van der Waals surface area contributed by atoms with Gasteiger partial charge in [-0.05, 0) is 86.6 Å². The number of fused-ring (bicyclic) bond motifs is 2. The van der Waals surface area contributed by atoms with Gasteiger partial charge in [-0.25, -0.2) is 9.97 Å². The van der Waals surface area contributed by atoms with Gasteiger partial charge in [0.25, 0.3) is 0 Å². The van der Waals surface area contributed by atoms with Gasteiger partial charge in [-0.3, -0.25) is 19.1 Å². The van der Waals surface area contributed by atoms with Crippen molar-refractivity contribution in [1.82, 2.24) is 29.1 Å². The first kappa shape index (κ1) is 25.8. The molecule has 8 aromatic rings. The summed E-state index contributed by atoms with van der Waals surface area (Å²) in [5.74, 6) is 1.71. The van der Waals surface area contributed by atoms with Crippen LogP contribution in [0.2, 0.25) is 0 Å². The molecule has 0 saturated heterocycles. The fourth-order valence-corrected chi connectivity index (χ4v) is 5.70. The molecule has 6 nitrogen and oxygen atoms in total. The van der Waals surface area contributed by atoms with Crippen molar-refractivity contribution in [2.45, 2.75) is 13.8 Å². The average Bonchev–Trinajstić information content (AvgIpc) is 3.65. The zero-order chi connectivity index (χ0) is 29.6. The molecule has 44 heavy (non-hydrogen) atoms. The van der Waals surface area contributed by atoms with E-state index in [9.17, 15) is 0 Å². The van der Waals surface area contributed by atoms with Crippen molar-refractivity contribution in [3.05, 3.63) is 145 Å². The number of benzene rings is 4. The van der Waals surface area contributed by atoms with Crippen molar-refractivity contribution in [3.8, 4) is 45.5 Å². The third kappa shape index (κ3) is 4.44. The van der Waals surface area contributed by atoms with Crippen LogP contribution < -0.4 is 0 Å². The second-order valence-electron chi connectivity index (χ2n) is 11.1. The molecule has 0 aliphatic heterocycles. The summed E-state index contributed by atoms with van der Waals surface area (Å²) in [7, 11) is 0. The van der Waals surface area contributed by atoms with E-state index in [1.54, 1.807) is 0 Å². The van der Waals surface area contributed by atoms with Crippen molar-refractivity contribution >= 4 is 22.1 Å². The molecule has 4 aromatic heterocycles. The molecule has 0 spiro atoms. The number of rotatable bonds is 5. The molecule has 6 heteroatoms. The Balaban J connectivity index is 1.15. The third-order valence-electron chi connectivity index (χ3n) is 8.01. The van der Waals surface area contributed by atoms with Crippen LogP contribution in [-0.2, 0) is 0 Å². The standard InChI is InChI=1S/C38H28N6/c1-25-11-17-29(18-12-25)43-35-9-5-3-7-33(35)41-37(43)27-15-21-31(39-23-27)32-22-16-28(24-40-32)38-42-34-8-4-6-10-36(34)44(38)30-19-13-26(2)14-20-30/h3-24H,1-2H3. The predicted octanol–water partition coefficient (Wildman–Crippen LogP) is 8.77. The van der Waals surface area contributed by atoms with E-state index in [-0.39, 0.29) is 0 Å². The Bertz CT molecular complexity index is 2090. The minimum Gasteiger partial charge on any atom is -0.292 e. The van der Waals surface area contributed by atoms with Gasteiger partial charge in [0.1, 0.15) is 11.6 Å². The molecule has 0 bridgehead atoms. The fraction of sp³-hybridized carbons (Fsp3) is 0.0526. The first-order chi connectivity index (χ1) is 21.6. The summed E-state index contributed by atoms with van der Waals surface area (Å²) < 4.78 is 4.39. The van der Waals surface area contributed by atoms with E-state index in [0.717, 1.165) is 67.6 Å². The molecule has 0 unspecified atom stereocenters. The molecule has 0 aliphatic rings. The van der Waals surface area contributed by atoms with Gasteiger partial charge in [-0.1, -0.05) is 59.7 Å². The summed E-state index contributed by atoms with van der Waals surface area (Å²) in [4.78, 5) is 19.6. The van der Waals surface area contributed by atoms with Crippen molar-refractivity contribution in [1.29, 1.82) is 0 Å². The number of nitrogens with zero attached hydrogens (tertiary/aromatic N) is 6. The second-order valence-corrected chi connectivity index (χ2v) is 11.1. The van der Waals surface area contributed by atoms with Crippen LogP contribution in [0.4, 0.5) is 0 Å². The summed E-state index contributed by atoms with van der Waals surface area (Å²) in [5.41, 5.74) is 12.1. The molecule has 0 radical (unpaired) electrons. The summed E-state index contributed by atoms with van der Waals surface area (Å²) >= 11 is 0. The predicted molar refractivity (Wildman–Crippen MR) is 177 cm³/mol. The van der Waals surface area contributed by atoms with Crippen LogP contribution in [0.1, 0.15) is 11.1 Å². The molecule has 0 atom stereocenters. The molecule has 0 amide bonds. The van der Waals surface area contributed by atoms with Crippen LogP contribution in [0.5, 0.6) is 0 Å². The quantitative estimate of drug-likeness (QED) is 0.208. The lowest BCUT2D eigenvalue weighted by molar-refractivity contribution is 1.09. The summed E-state index contributed by atoms with van der Waals surface area (Å²) in [6.07, 6.45) is 3.77. The maximum absolute atomic E-state index is 4.98. The van der Waals surface area contributed by atoms with Crippen LogP contribution in [0.25, 0.3) is 67.6 Å². The lowest BCUT2D eigenvalue weighted by atomic mass is 10.1. The Morgan fingerprint density at radius 3 is 1.23 bits per heavy atom. The highest BCUT2D eigenvalue weighted by Crippen LogP contribution is 2.31. The lowest BCUT2D eigenvalue weighted by Crippen LogP contribution is -1.99. The third-order valence-corrected chi connectivity index (χ3v) is 8.01. The molecule has 0 aliphatic carbocycles. The number of aromatic nitrogens is 6. The Hall–Kier alpha value is -5.88. The van der Waals surface area contributed by atoms with Gasteiger partial charge in [0, 0.05) is 34.9 Å². The summed E-state index contributed by atoms with van der Waals surface area (Å²) in [6.45, 7) is 4.19. The second kappa shape index (κ2) is 10.4. The monoisotopic (exact) mass is 568 g/mol. The molecular formula is C38H28N6. The fourth-order valence-electron chi connectivity index (χ4n) is 5.70. The topological polar surface area (TPSA) is 61.4 Å². The molecule has 8 rings (SSSR count). The number of hydrogen-bond acceptors (Lipinski definition) is 4. The number of para-hydroxylation sites is 4. The van der Waals surface area contributed by atoms with Crippen molar-refractivity contribution < 1.29 is 0 Å². The number of aryl methyl sites for hydroxylation is 2. The molecule has 4 aromatic carbocycles. The minimum absolute atomic E-state index is 0.797. The molecule has 0 fully saturated rings. The van der Waals surface area contributed by atoms with E-state index in [1.165, 1.54) is 11.1 Å². The van der Waals surface area contributed by atoms with Crippen LogP contribution in [0.3, 0.4) is 0 Å². The smallest absolute Gasteiger partial charge is 0.147 e. The van der Waals surface area contributed by atoms with Gasteiger partial charge < -0.3 is 0 Å². The Morgan fingerprint density at radius 1 is 0.432 bits per heavy atom. The van der Waals surface area contributed by atoms with Crippen molar-refractivity contribution in [3.63, 3.8) is 0 Å². The van der Waals surface area contributed by atoms with E-state index in [1.807, 2.05) is 60.9 Å². The SMILES string of the molecule is Cc1ccc(-n2c(-c3ccc(-c4ccc(-c5nc6ccccc6n5-c5ccc(C)cc5)cn4)nc3)nc3ccccc32)cc1. The van der Waals surface area contributed by atoms with Gasteiger partial charge in [0.15, 0.2) is 0 Å². The Labute approximate surface area is 255 Å². The van der Waals surface area contributed by atoms with Crippen LogP contribution in [-0.4, -0.2) is 29.1 Å². The van der Waals surface area contributed by atoms with Crippen LogP contribution in [0, 0.1) is 13.8 Å². The van der Waals surface area contributed by atoms with Gasteiger partial charge in [0.2, 0.25) is 0 Å². The van der Waals surface area contributed by atoms with E-state index >= 15 is 0 Å². The normalized spacial score (nSPS) is 11.4. The zero-order valence-corrected chi connectivity index (χ0v) is 24.4. The first-order valence-electron chi connectivity index (χ1n) is 14.6. The van der Waals surface area contributed by atoms with Crippen LogP contribution >= 0.6 is 0 Å². The highest BCUT2D eigenvalue weighted by atomic mass is 15.1. The summed E-state index contributed by atoms with van der Waals surface area (Å²) in [6, 6.07) is 41.6. The van der Waals surface area contributed by atoms with E-state index in [4.69, 9.17) is 19.9 Å². The summed E-state index contributed by atoms with van der Waals surface area (Å²) in [5, 5.41) is 0. The maximum Gasteiger partial charge on any atom is 0.147 e. The zero-order valence-electron chi connectivity index (χ0n) is 24.4. The van der Waals surface area contributed by atoms with Gasteiger partial charge in [-0.15, -0.1) is 0 Å². The van der Waals surface area contributed by atoms with Gasteiger partial charge >= 0.3 is 0 Å². The lowest BCUT2D eigenvalue weighted by Gasteiger charge is -2.11. The average molecular weight is 569 g/mol. The molecule has 4 heterocycles. The molecule has 0 N–H and O–H groups in total. The highest BCUT2D eigenvalue weighted by molar-refractivity contribution is 5.84. The van der Waals surface area contributed by atoms with Crippen molar-refractivity contribution in [2.24, 2.45) is 0 Å². The maximum atomic E-state index is 4.98. The first-order valence-corrected chi connectivity index (χ1v) is 14.6. The highest BCUT2D eigenvalue weighted by Gasteiger charge is 2.17. The molecule has 0 saturated carbocycles. The van der Waals surface area contributed by atoms with Gasteiger partial charge in [0.05, 0.1) is 33.5 Å². The van der Waals surface area contributed by atoms with Crippen LogP contribution in [0.15, 0.2) is 134 Å². The Kier molecular flexibility index (Phi) is 6.12. The Morgan fingerprint density at radius 2 is 0.841 bits per heavy atom. The van der Waals surface area contributed by atoms with E-state index in [2.05, 4.69) is 95.8 Å². The molecule has 210 valence electrons. The van der Waals surface area contributed by atoms with E-state index in [0.29, 0.717) is 0 Å².